The Bertz CT molecular complexity index is 908. The van der Waals surface area contributed by atoms with Gasteiger partial charge in [0.15, 0.2) is 0 Å². The molecule has 0 aliphatic rings. The second-order valence-electron chi connectivity index (χ2n) is 6.39. The first-order valence-electron chi connectivity index (χ1n) is 8.75. The summed E-state index contributed by atoms with van der Waals surface area (Å²) in [5.74, 6) is 0.289. The lowest BCUT2D eigenvalue weighted by molar-refractivity contribution is 0.471. The number of hydrogen-bond acceptors (Lipinski definition) is 5. The van der Waals surface area contributed by atoms with Gasteiger partial charge in [0.05, 0.1) is 11.4 Å². The largest absolute Gasteiger partial charge is 0.508 e. The standard InChI is InChI=1S/C21H24N4O/c1-14-11-17(23-9-3-8-22)5-6-18(14)20-12-19(24-13-25-20)16-4-7-21(26)15(2)10-16/h4-7,10-13,23,26H,3,8-9,22H2,1-2H3. The van der Waals surface area contributed by atoms with E-state index in [9.17, 15) is 5.11 Å². The third-order valence-electron chi connectivity index (χ3n) is 4.37. The Balaban J connectivity index is 1.89. The molecule has 0 aliphatic carbocycles. The van der Waals surface area contributed by atoms with Gasteiger partial charge < -0.3 is 16.2 Å². The van der Waals surface area contributed by atoms with Crippen LogP contribution in [0.2, 0.25) is 0 Å². The van der Waals surface area contributed by atoms with Crippen molar-refractivity contribution in [3.8, 4) is 28.3 Å². The molecule has 0 aliphatic heterocycles. The van der Waals surface area contributed by atoms with Crippen molar-refractivity contribution in [3.05, 3.63) is 59.9 Å². The molecule has 0 atom stereocenters. The van der Waals surface area contributed by atoms with E-state index >= 15 is 0 Å². The van der Waals surface area contributed by atoms with Gasteiger partial charge in [-0.25, -0.2) is 9.97 Å². The van der Waals surface area contributed by atoms with Crippen molar-refractivity contribution < 1.29 is 5.11 Å². The molecule has 134 valence electrons. The SMILES string of the molecule is Cc1cc(-c2cc(-c3ccc(NCCCN)cc3C)ncn2)ccc1O. The predicted octanol–water partition coefficient (Wildman–Crippen LogP) is 3.89. The number of nitrogens with zero attached hydrogens (tertiary/aromatic N) is 2. The van der Waals surface area contributed by atoms with Crippen molar-refractivity contribution in [1.29, 1.82) is 0 Å². The van der Waals surface area contributed by atoms with Gasteiger partial charge in [-0.3, -0.25) is 0 Å². The fraction of sp³-hybridized carbons (Fsp3) is 0.238. The molecule has 3 aromatic rings. The number of anilines is 1. The second kappa shape index (κ2) is 7.97. The van der Waals surface area contributed by atoms with Gasteiger partial charge >= 0.3 is 0 Å². The molecule has 3 rings (SSSR count). The van der Waals surface area contributed by atoms with Gasteiger partial charge in [-0.1, -0.05) is 6.07 Å². The Morgan fingerprint density at radius 1 is 0.962 bits per heavy atom. The molecular formula is C21H24N4O. The average Bonchev–Trinajstić information content (AvgIpc) is 2.64. The molecule has 2 aromatic carbocycles. The molecule has 0 radical (unpaired) electrons. The minimum atomic E-state index is 0.289. The summed E-state index contributed by atoms with van der Waals surface area (Å²) in [4.78, 5) is 8.83. The second-order valence-corrected chi connectivity index (χ2v) is 6.39. The smallest absolute Gasteiger partial charge is 0.118 e. The van der Waals surface area contributed by atoms with E-state index in [0.29, 0.717) is 6.54 Å². The number of phenolic OH excluding ortho intramolecular Hbond substituents is 1. The Morgan fingerprint density at radius 3 is 2.50 bits per heavy atom. The molecule has 0 amide bonds. The highest BCUT2D eigenvalue weighted by atomic mass is 16.3. The zero-order valence-electron chi connectivity index (χ0n) is 15.2. The van der Waals surface area contributed by atoms with Gasteiger partial charge in [0.1, 0.15) is 12.1 Å². The van der Waals surface area contributed by atoms with E-state index in [2.05, 4.69) is 40.4 Å². The topological polar surface area (TPSA) is 84.1 Å². The highest BCUT2D eigenvalue weighted by Gasteiger charge is 2.08. The van der Waals surface area contributed by atoms with Crippen LogP contribution < -0.4 is 11.1 Å². The lowest BCUT2D eigenvalue weighted by Gasteiger charge is -2.11. The molecule has 26 heavy (non-hydrogen) atoms. The van der Waals surface area contributed by atoms with Crippen LogP contribution in [0, 0.1) is 13.8 Å². The van der Waals surface area contributed by atoms with Gasteiger partial charge in [-0.15, -0.1) is 0 Å². The van der Waals surface area contributed by atoms with Crippen LogP contribution >= 0.6 is 0 Å². The van der Waals surface area contributed by atoms with E-state index in [-0.39, 0.29) is 5.75 Å². The van der Waals surface area contributed by atoms with E-state index in [4.69, 9.17) is 5.73 Å². The van der Waals surface area contributed by atoms with Crippen molar-refractivity contribution in [1.82, 2.24) is 9.97 Å². The first-order chi connectivity index (χ1) is 12.6. The van der Waals surface area contributed by atoms with Crippen molar-refractivity contribution in [2.75, 3.05) is 18.4 Å². The van der Waals surface area contributed by atoms with Gasteiger partial charge in [0.25, 0.3) is 0 Å². The number of nitrogens with one attached hydrogen (secondary N) is 1. The molecule has 0 saturated carbocycles. The predicted molar refractivity (Wildman–Crippen MR) is 106 cm³/mol. The highest BCUT2D eigenvalue weighted by molar-refractivity contribution is 5.72. The first-order valence-corrected chi connectivity index (χ1v) is 8.75. The lowest BCUT2D eigenvalue weighted by atomic mass is 10.0. The van der Waals surface area contributed by atoms with Gasteiger partial charge in [0.2, 0.25) is 0 Å². The van der Waals surface area contributed by atoms with Crippen molar-refractivity contribution in [2.45, 2.75) is 20.3 Å². The summed E-state index contributed by atoms with van der Waals surface area (Å²) >= 11 is 0. The Morgan fingerprint density at radius 2 is 1.77 bits per heavy atom. The minimum Gasteiger partial charge on any atom is -0.508 e. The monoisotopic (exact) mass is 348 g/mol. The molecule has 1 aromatic heterocycles. The van der Waals surface area contributed by atoms with Gasteiger partial charge in [0, 0.05) is 23.4 Å². The molecule has 5 nitrogen and oxygen atoms in total. The fourth-order valence-electron chi connectivity index (χ4n) is 2.87. The number of nitrogens with two attached hydrogens (primary N) is 1. The number of aromatic hydroxyl groups is 1. The molecular weight excluding hydrogens is 324 g/mol. The third kappa shape index (κ3) is 4.00. The molecule has 0 unspecified atom stereocenters. The Kier molecular flexibility index (Phi) is 5.49. The Labute approximate surface area is 153 Å². The number of aryl methyl sites for hydroxylation is 2. The summed E-state index contributed by atoms with van der Waals surface area (Å²) in [5, 5.41) is 13.1. The molecule has 1 heterocycles. The normalized spacial score (nSPS) is 10.7. The van der Waals surface area contributed by atoms with Gasteiger partial charge in [-0.2, -0.15) is 0 Å². The number of rotatable bonds is 6. The molecule has 0 bridgehead atoms. The van der Waals surface area contributed by atoms with E-state index < -0.39 is 0 Å². The molecule has 5 heteroatoms. The summed E-state index contributed by atoms with van der Waals surface area (Å²) in [5.41, 5.74) is 12.3. The van der Waals surface area contributed by atoms with E-state index in [1.54, 1.807) is 12.4 Å². The zero-order chi connectivity index (χ0) is 18.5. The highest BCUT2D eigenvalue weighted by Crippen LogP contribution is 2.29. The molecule has 0 spiro atoms. The lowest BCUT2D eigenvalue weighted by Crippen LogP contribution is -2.08. The van der Waals surface area contributed by atoms with Crippen LogP contribution in [-0.2, 0) is 0 Å². The average molecular weight is 348 g/mol. The van der Waals surface area contributed by atoms with Crippen LogP contribution in [-0.4, -0.2) is 28.2 Å². The van der Waals surface area contributed by atoms with E-state index in [1.165, 1.54) is 0 Å². The summed E-state index contributed by atoms with van der Waals surface area (Å²) in [6, 6.07) is 13.7. The van der Waals surface area contributed by atoms with Crippen LogP contribution in [0.1, 0.15) is 17.5 Å². The number of aromatic nitrogens is 2. The Hall–Kier alpha value is -2.92. The zero-order valence-corrected chi connectivity index (χ0v) is 15.2. The maximum Gasteiger partial charge on any atom is 0.118 e. The number of benzene rings is 2. The maximum absolute atomic E-state index is 9.72. The number of hydrogen-bond donors (Lipinski definition) is 3. The van der Waals surface area contributed by atoms with E-state index in [1.807, 2.05) is 25.1 Å². The summed E-state index contributed by atoms with van der Waals surface area (Å²) in [7, 11) is 0. The first kappa shape index (κ1) is 17.9. The fourth-order valence-corrected chi connectivity index (χ4v) is 2.87. The van der Waals surface area contributed by atoms with Crippen LogP contribution in [0.4, 0.5) is 5.69 Å². The van der Waals surface area contributed by atoms with Crippen LogP contribution in [0.5, 0.6) is 5.75 Å². The van der Waals surface area contributed by atoms with Crippen LogP contribution in [0.15, 0.2) is 48.8 Å². The van der Waals surface area contributed by atoms with E-state index in [0.717, 1.165) is 52.3 Å². The van der Waals surface area contributed by atoms with Crippen molar-refractivity contribution >= 4 is 5.69 Å². The summed E-state index contributed by atoms with van der Waals surface area (Å²) < 4.78 is 0. The van der Waals surface area contributed by atoms with Crippen molar-refractivity contribution in [2.24, 2.45) is 5.73 Å². The summed E-state index contributed by atoms with van der Waals surface area (Å²) in [6.45, 7) is 5.51. The summed E-state index contributed by atoms with van der Waals surface area (Å²) in [6.07, 6.45) is 2.53. The van der Waals surface area contributed by atoms with Gasteiger partial charge in [-0.05, 0) is 74.3 Å². The number of phenols is 1. The third-order valence-corrected chi connectivity index (χ3v) is 4.37. The minimum absolute atomic E-state index is 0.289. The quantitative estimate of drug-likeness (QED) is 0.589. The maximum atomic E-state index is 9.72. The molecule has 0 saturated heterocycles. The van der Waals surface area contributed by atoms with Crippen molar-refractivity contribution in [3.63, 3.8) is 0 Å². The molecule has 0 fully saturated rings. The van der Waals surface area contributed by atoms with Crippen LogP contribution in [0.3, 0.4) is 0 Å². The molecule has 4 N–H and O–H groups in total. The van der Waals surface area contributed by atoms with Crippen LogP contribution in [0.25, 0.3) is 22.5 Å².